The van der Waals surface area contributed by atoms with Gasteiger partial charge in [0, 0.05) is 0 Å². The largest absolute Gasteiger partial charge is 0.462 e. The number of hydrogen-bond donors (Lipinski definition) is 0. The molecule has 0 atom stereocenters. The standard InChI is InChI=1S/C8H10O2S2/c1-3-10-7(9)6-4-5-12-8(6)11-2/h4-5H,3H2,1-2H3. The minimum Gasteiger partial charge on any atom is -0.462 e. The van der Waals surface area contributed by atoms with Crippen molar-refractivity contribution in [3.63, 3.8) is 0 Å². The molecule has 0 unspecified atom stereocenters. The van der Waals surface area contributed by atoms with Crippen LogP contribution in [-0.4, -0.2) is 18.8 Å². The Hall–Kier alpha value is -0.480. The van der Waals surface area contributed by atoms with Gasteiger partial charge in [-0.15, -0.1) is 23.1 Å². The summed E-state index contributed by atoms with van der Waals surface area (Å²) >= 11 is 3.14. The first kappa shape index (κ1) is 9.61. The summed E-state index contributed by atoms with van der Waals surface area (Å²) in [7, 11) is 0. The van der Waals surface area contributed by atoms with E-state index in [4.69, 9.17) is 4.74 Å². The number of carbonyl (C=O) groups is 1. The van der Waals surface area contributed by atoms with Gasteiger partial charge in [0.2, 0.25) is 0 Å². The average Bonchev–Trinajstić information content (AvgIpc) is 2.51. The molecule has 1 aromatic heterocycles. The highest BCUT2D eigenvalue weighted by atomic mass is 32.2. The van der Waals surface area contributed by atoms with Gasteiger partial charge in [-0.1, -0.05) is 0 Å². The minimum absolute atomic E-state index is 0.219. The Morgan fingerprint density at radius 2 is 2.50 bits per heavy atom. The van der Waals surface area contributed by atoms with E-state index in [1.54, 1.807) is 29.2 Å². The molecule has 0 aliphatic rings. The Balaban J connectivity index is 2.79. The topological polar surface area (TPSA) is 26.3 Å². The average molecular weight is 202 g/mol. The Labute approximate surface area is 79.9 Å². The van der Waals surface area contributed by atoms with Gasteiger partial charge in [0.05, 0.1) is 16.4 Å². The van der Waals surface area contributed by atoms with Crippen molar-refractivity contribution in [3.05, 3.63) is 17.0 Å². The molecule has 2 nitrogen and oxygen atoms in total. The van der Waals surface area contributed by atoms with Crippen molar-refractivity contribution >= 4 is 29.1 Å². The van der Waals surface area contributed by atoms with Crippen LogP contribution in [0, 0.1) is 0 Å². The summed E-state index contributed by atoms with van der Waals surface area (Å²) in [4.78, 5) is 11.3. The van der Waals surface area contributed by atoms with E-state index in [0.29, 0.717) is 12.2 Å². The van der Waals surface area contributed by atoms with Crippen LogP contribution in [-0.2, 0) is 4.74 Å². The van der Waals surface area contributed by atoms with Crippen molar-refractivity contribution < 1.29 is 9.53 Å². The zero-order chi connectivity index (χ0) is 8.97. The SMILES string of the molecule is CCOC(=O)c1ccsc1SC. The molecule has 12 heavy (non-hydrogen) atoms. The molecule has 66 valence electrons. The number of hydrogen-bond acceptors (Lipinski definition) is 4. The molecule has 0 aliphatic heterocycles. The normalized spacial score (nSPS) is 9.83. The van der Waals surface area contributed by atoms with Crippen LogP contribution in [0.2, 0.25) is 0 Å². The van der Waals surface area contributed by atoms with E-state index < -0.39 is 0 Å². The number of thiophene rings is 1. The zero-order valence-electron chi connectivity index (χ0n) is 6.99. The molecule has 1 aromatic rings. The summed E-state index contributed by atoms with van der Waals surface area (Å²) in [5.41, 5.74) is 0.689. The van der Waals surface area contributed by atoms with Crippen LogP contribution in [0.15, 0.2) is 15.7 Å². The maximum absolute atomic E-state index is 11.3. The van der Waals surface area contributed by atoms with Crippen LogP contribution in [0.1, 0.15) is 17.3 Å². The molecule has 0 amide bonds. The van der Waals surface area contributed by atoms with Gasteiger partial charge in [0.1, 0.15) is 0 Å². The van der Waals surface area contributed by atoms with Crippen molar-refractivity contribution in [3.8, 4) is 0 Å². The zero-order valence-corrected chi connectivity index (χ0v) is 8.63. The van der Waals surface area contributed by atoms with Gasteiger partial charge < -0.3 is 4.74 Å². The summed E-state index contributed by atoms with van der Waals surface area (Å²) in [5, 5.41) is 1.90. The molecule has 0 radical (unpaired) electrons. The van der Waals surface area contributed by atoms with Crippen molar-refractivity contribution in [2.24, 2.45) is 0 Å². The van der Waals surface area contributed by atoms with E-state index in [0.717, 1.165) is 4.21 Å². The molecule has 0 saturated carbocycles. The molecule has 0 fully saturated rings. The van der Waals surface area contributed by atoms with Crippen LogP contribution in [0.5, 0.6) is 0 Å². The molecule has 0 aliphatic carbocycles. The van der Waals surface area contributed by atoms with E-state index in [9.17, 15) is 4.79 Å². The highest BCUT2D eigenvalue weighted by Gasteiger charge is 2.12. The molecule has 0 bridgehead atoms. The third-order valence-electron chi connectivity index (χ3n) is 1.31. The molecule has 1 rings (SSSR count). The van der Waals surface area contributed by atoms with Crippen LogP contribution >= 0.6 is 23.1 Å². The molecule has 0 N–H and O–H groups in total. The van der Waals surface area contributed by atoms with Crippen LogP contribution in [0.4, 0.5) is 0 Å². The molecule has 0 saturated heterocycles. The molecular formula is C8H10O2S2. The van der Waals surface area contributed by atoms with Gasteiger partial charge in [-0.05, 0) is 24.6 Å². The van der Waals surface area contributed by atoms with Gasteiger partial charge in [-0.2, -0.15) is 0 Å². The lowest BCUT2D eigenvalue weighted by Gasteiger charge is -2.00. The van der Waals surface area contributed by atoms with Crippen LogP contribution in [0.3, 0.4) is 0 Å². The Kier molecular flexibility index (Phi) is 3.62. The summed E-state index contributed by atoms with van der Waals surface area (Å²) < 4.78 is 5.90. The number of esters is 1. The van der Waals surface area contributed by atoms with Crippen molar-refractivity contribution in [2.75, 3.05) is 12.9 Å². The monoisotopic (exact) mass is 202 g/mol. The van der Waals surface area contributed by atoms with Crippen molar-refractivity contribution in [2.45, 2.75) is 11.1 Å². The molecular weight excluding hydrogens is 192 g/mol. The minimum atomic E-state index is -0.219. The highest BCUT2D eigenvalue weighted by molar-refractivity contribution is 8.00. The molecule has 4 heteroatoms. The lowest BCUT2D eigenvalue weighted by molar-refractivity contribution is 0.0523. The lowest BCUT2D eigenvalue weighted by atomic mass is 10.3. The second kappa shape index (κ2) is 4.52. The maximum atomic E-state index is 11.3. The molecule has 0 spiro atoms. The first-order chi connectivity index (χ1) is 5.79. The van der Waals surface area contributed by atoms with E-state index in [1.807, 2.05) is 18.6 Å². The second-order valence-electron chi connectivity index (χ2n) is 2.05. The Bertz CT molecular complexity index is 268. The first-order valence-electron chi connectivity index (χ1n) is 3.58. The van der Waals surface area contributed by atoms with Gasteiger partial charge in [0.25, 0.3) is 0 Å². The summed E-state index contributed by atoms with van der Waals surface area (Å²) in [6.45, 7) is 2.24. The van der Waals surface area contributed by atoms with Crippen molar-refractivity contribution in [1.82, 2.24) is 0 Å². The van der Waals surface area contributed by atoms with Crippen LogP contribution < -0.4 is 0 Å². The molecule has 1 heterocycles. The second-order valence-corrected chi connectivity index (χ2v) is 4.04. The number of rotatable bonds is 3. The predicted molar refractivity (Wildman–Crippen MR) is 52.1 cm³/mol. The van der Waals surface area contributed by atoms with Gasteiger partial charge in [0.15, 0.2) is 0 Å². The molecule has 0 aromatic carbocycles. The fourth-order valence-corrected chi connectivity index (χ4v) is 2.34. The predicted octanol–water partition coefficient (Wildman–Crippen LogP) is 2.65. The number of carbonyl (C=O) groups excluding carboxylic acids is 1. The third kappa shape index (κ3) is 2.01. The van der Waals surface area contributed by atoms with Gasteiger partial charge in [-0.25, -0.2) is 4.79 Å². The summed E-state index contributed by atoms with van der Waals surface area (Å²) in [5.74, 6) is -0.219. The first-order valence-corrected chi connectivity index (χ1v) is 5.68. The fourth-order valence-electron chi connectivity index (χ4n) is 0.814. The highest BCUT2D eigenvalue weighted by Crippen LogP contribution is 2.26. The van der Waals surface area contributed by atoms with Gasteiger partial charge in [-0.3, -0.25) is 0 Å². The van der Waals surface area contributed by atoms with E-state index >= 15 is 0 Å². The van der Waals surface area contributed by atoms with Gasteiger partial charge >= 0.3 is 5.97 Å². The van der Waals surface area contributed by atoms with E-state index in [1.165, 1.54) is 0 Å². The lowest BCUT2D eigenvalue weighted by Crippen LogP contribution is -2.03. The van der Waals surface area contributed by atoms with E-state index in [-0.39, 0.29) is 5.97 Å². The third-order valence-corrected chi connectivity index (χ3v) is 3.40. The van der Waals surface area contributed by atoms with Crippen LogP contribution in [0.25, 0.3) is 0 Å². The quantitative estimate of drug-likeness (QED) is 0.557. The maximum Gasteiger partial charge on any atom is 0.340 e. The van der Waals surface area contributed by atoms with Crippen molar-refractivity contribution in [1.29, 1.82) is 0 Å². The Morgan fingerprint density at radius 1 is 1.75 bits per heavy atom. The van der Waals surface area contributed by atoms with E-state index in [2.05, 4.69) is 0 Å². The Morgan fingerprint density at radius 3 is 3.08 bits per heavy atom. The smallest absolute Gasteiger partial charge is 0.340 e. The number of ether oxygens (including phenoxy) is 1. The fraction of sp³-hybridized carbons (Fsp3) is 0.375. The summed E-state index contributed by atoms with van der Waals surface area (Å²) in [6, 6.07) is 1.80. The number of thioether (sulfide) groups is 1. The summed E-state index contributed by atoms with van der Waals surface area (Å²) in [6.07, 6.45) is 1.95.